The molecule has 3 rings (SSSR count). The lowest BCUT2D eigenvalue weighted by molar-refractivity contribution is -0.114. The molecule has 0 saturated heterocycles. The third-order valence-electron chi connectivity index (χ3n) is 3.06. The summed E-state index contributed by atoms with van der Waals surface area (Å²) in [6.07, 6.45) is 1.68. The van der Waals surface area contributed by atoms with Gasteiger partial charge < -0.3 is 10.6 Å². The summed E-state index contributed by atoms with van der Waals surface area (Å²) < 4.78 is 0. The Morgan fingerprint density at radius 2 is 1.83 bits per heavy atom. The molecule has 0 aliphatic heterocycles. The Kier molecular flexibility index (Phi) is 4.62. The zero-order valence-electron chi connectivity index (χ0n) is 12.8. The quantitative estimate of drug-likeness (QED) is 0.763. The minimum absolute atomic E-state index is 0.169. The highest BCUT2D eigenvalue weighted by molar-refractivity contribution is 7.13. The van der Waals surface area contributed by atoms with E-state index in [2.05, 4.69) is 20.6 Å². The number of hydrogen-bond acceptors (Lipinski definition) is 5. The third kappa shape index (κ3) is 3.82. The Morgan fingerprint density at radius 1 is 1.04 bits per heavy atom. The number of thiazole rings is 1. The van der Waals surface area contributed by atoms with E-state index < -0.39 is 0 Å². The molecule has 0 atom stereocenters. The molecule has 2 amide bonds. The van der Waals surface area contributed by atoms with Gasteiger partial charge in [-0.15, -0.1) is 11.3 Å². The van der Waals surface area contributed by atoms with Gasteiger partial charge in [0.05, 0.1) is 5.69 Å². The first-order valence-corrected chi connectivity index (χ1v) is 8.06. The highest BCUT2D eigenvalue weighted by Gasteiger charge is 2.13. The number of anilines is 2. The van der Waals surface area contributed by atoms with Gasteiger partial charge in [0.1, 0.15) is 10.7 Å². The van der Waals surface area contributed by atoms with Crippen molar-refractivity contribution >= 4 is 34.5 Å². The molecular formula is C17H14N4O2S. The van der Waals surface area contributed by atoms with Crippen LogP contribution in [0.2, 0.25) is 0 Å². The lowest BCUT2D eigenvalue weighted by Gasteiger charge is -2.06. The predicted octanol–water partition coefficient (Wildman–Crippen LogP) is 3.42. The zero-order chi connectivity index (χ0) is 16.9. The molecule has 0 aliphatic rings. The van der Waals surface area contributed by atoms with Crippen LogP contribution in [0.15, 0.2) is 54.0 Å². The van der Waals surface area contributed by atoms with Crippen LogP contribution in [-0.4, -0.2) is 21.8 Å². The van der Waals surface area contributed by atoms with E-state index >= 15 is 0 Å². The summed E-state index contributed by atoms with van der Waals surface area (Å²) >= 11 is 1.36. The molecule has 120 valence electrons. The Balaban J connectivity index is 1.74. The van der Waals surface area contributed by atoms with Crippen molar-refractivity contribution < 1.29 is 9.59 Å². The van der Waals surface area contributed by atoms with E-state index in [0.29, 0.717) is 22.1 Å². The fourth-order valence-corrected chi connectivity index (χ4v) is 2.83. The maximum absolute atomic E-state index is 12.3. The van der Waals surface area contributed by atoms with Crippen LogP contribution in [0.3, 0.4) is 0 Å². The normalized spacial score (nSPS) is 10.2. The molecule has 0 fully saturated rings. The number of carbonyl (C=O) groups excluding carboxylic acids is 2. The van der Waals surface area contributed by atoms with Crippen molar-refractivity contribution in [3.05, 3.63) is 59.7 Å². The summed E-state index contributed by atoms with van der Waals surface area (Å²) in [4.78, 5) is 32.0. The molecule has 1 aromatic carbocycles. The molecule has 0 unspecified atom stereocenters. The van der Waals surface area contributed by atoms with E-state index in [0.717, 1.165) is 5.69 Å². The first-order chi connectivity index (χ1) is 11.6. The van der Waals surface area contributed by atoms with Crippen molar-refractivity contribution in [1.82, 2.24) is 9.97 Å². The summed E-state index contributed by atoms with van der Waals surface area (Å²) in [6, 6.07) is 12.5. The molecule has 2 N–H and O–H groups in total. The minimum Gasteiger partial charge on any atom is -0.326 e. The molecule has 0 spiro atoms. The number of rotatable bonds is 4. The first kappa shape index (κ1) is 15.8. The number of nitrogens with one attached hydrogen (secondary N) is 2. The van der Waals surface area contributed by atoms with Gasteiger partial charge in [-0.3, -0.25) is 14.6 Å². The molecule has 7 heteroatoms. The maximum atomic E-state index is 12.3. The molecule has 0 saturated carbocycles. The SMILES string of the molecule is CC(=O)Nc1cccc(NC(=O)c2csc(-c3ccccn3)n2)c1. The smallest absolute Gasteiger partial charge is 0.275 e. The van der Waals surface area contributed by atoms with Crippen molar-refractivity contribution in [3.8, 4) is 10.7 Å². The molecule has 6 nitrogen and oxygen atoms in total. The number of carbonyl (C=O) groups is 2. The second kappa shape index (κ2) is 7.01. The van der Waals surface area contributed by atoms with Crippen LogP contribution in [0.1, 0.15) is 17.4 Å². The number of hydrogen-bond donors (Lipinski definition) is 2. The predicted molar refractivity (Wildman–Crippen MR) is 94.0 cm³/mol. The van der Waals surface area contributed by atoms with Crippen molar-refractivity contribution in [2.24, 2.45) is 0 Å². The van der Waals surface area contributed by atoms with Gasteiger partial charge in [0, 0.05) is 29.9 Å². The molecule has 2 aromatic heterocycles. The largest absolute Gasteiger partial charge is 0.326 e. The monoisotopic (exact) mass is 338 g/mol. The molecule has 0 radical (unpaired) electrons. The lowest BCUT2D eigenvalue weighted by atomic mass is 10.2. The van der Waals surface area contributed by atoms with Crippen molar-refractivity contribution in [2.75, 3.05) is 10.6 Å². The second-order valence-electron chi connectivity index (χ2n) is 4.97. The second-order valence-corrected chi connectivity index (χ2v) is 5.83. The molecule has 2 heterocycles. The van der Waals surface area contributed by atoms with Crippen LogP contribution in [0, 0.1) is 0 Å². The molecule has 0 bridgehead atoms. The molecule has 3 aromatic rings. The van der Waals surface area contributed by atoms with Gasteiger partial charge in [-0.05, 0) is 30.3 Å². The van der Waals surface area contributed by atoms with Gasteiger partial charge in [-0.25, -0.2) is 4.98 Å². The fraction of sp³-hybridized carbons (Fsp3) is 0.0588. The molecular weight excluding hydrogens is 324 g/mol. The van der Waals surface area contributed by atoms with E-state index in [1.165, 1.54) is 18.3 Å². The number of benzene rings is 1. The molecule has 0 aliphatic carbocycles. The van der Waals surface area contributed by atoms with Gasteiger partial charge in [0.2, 0.25) is 5.91 Å². The number of aromatic nitrogens is 2. The standard InChI is InChI=1S/C17H14N4O2S/c1-11(22)19-12-5-4-6-13(9-12)20-16(23)15-10-24-17(21-15)14-7-2-3-8-18-14/h2-10H,1H3,(H,19,22)(H,20,23). The Bertz CT molecular complexity index is 877. The first-order valence-electron chi connectivity index (χ1n) is 7.18. The minimum atomic E-state index is -0.312. The van der Waals surface area contributed by atoms with E-state index in [9.17, 15) is 9.59 Å². The Labute approximate surface area is 142 Å². The number of amides is 2. The fourth-order valence-electron chi connectivity index (χ4n) is 2.06. The van der Waals surface area contributed by atoms with Crippen LogP contribution in [0.4, 0.5) is 11.4 Å². The summed E-state index contributed by atoms with van der Waals surface area (Å²) in [6.45, 7) is 1.43. The van der Waals surface area contributed by atoms with Gasteiger partial charge in [0.15, 0.2) is 0 Å². The highest BCUT2D eigenvalue weighted by atomic mass is 32.1. The topological polar surface area (TPSA) is 84.0 Å². The van der Waals surface area contributed by atoms with Crippen molar-refractivity contribution in [3.63, 3.8) is 0 Å². The van der Waals surface area contributed by atoms with Crippen LogP contribution in [0.5, 0.6) is 0 Å². The average molecular weight is 338 g/mol. The van der Waals surface area contributed by atoms with Gasteiger partial charge in [-0.2, -0.15) is 0 Å². The summed E-state index contributed by atoms with van der Waals surface area (Å²) in [5, 5.41) is 7.82. The third-order valence-corrected chi connectivity index (χ3v) is 3.93. The maximum Gasteiger partial charge on any atom is 0.275 e. The van der Waals surface area contributed by atoms with E-state index in [1.54, 1.807) is 35.8 Å². The van der Waals surface area contributed by atoms with Crippen molar-refractivity contribution in [2.45, 2.75) is 6.92 Å². The van der Waals surface area contributed by atoms with Gasteiger partial charge >= 0.3 is 0 Å². The van der Waals surface area contributed by atoms with Gasteiger partial charge in [-0.1, -0.05) is 12.1 Å². The van der Waals surface area contributed by atoms with E-state index in [4.69, 9.17) is 0 Å². The number of pyridine rings is 1. The molecule has 24 heavy (non-hydrogen) atoms. The average Bonchev–Trinajstić information content (AvgIpc) is 3.05. The summed E-state index contributed by atoms with van der Waals surface area (Å²) in [5.74, 6) is -0.480. The van der Waals surface area contributed by atoms with Crippen LogP contribution in [0.25, 0.3) is 10.7 Å². The van der Waals surface area contributed by atoms with Crippen molar-refractivity contribution in [1.29, 1.82) is 0 Å². The summed E-state index contributed by atoms with van der Waals surface area (Å²) in [5.41, 5.74) is 2.26. The van der Waals surface area contributed by atoms with E-state index in [-0.39, 0.29) is 11.8 Å². The highest BCUT2D eigenvalue weighted by Crippen LogP contribution is 2.22. The number of nitrogens with zero attached hydrogens (tertiary/aromatic N) is 2. The van der Waals surface area contributed by atoms with Crippen LogP contribution >= 0.6 is 11.3 Å². The van der Waals surface area contributed by atoms with E-state index in [1.807, 2.05) is 18.2 Å². The Morgan fingerprint density at radius 3 is 2.54 bits per heavy atom. The lowest BCUT2D eigenvalue weighted by Crippen LogP contribution is -2.13. The Hall–Kier alpha value is -3.06. The van der Waals surface area contributed by atoms with Crippen LogP contribution in [-0.2, 0) is 4.79 Å². The van der Waals surface area contributed by atoms with Crippen LogP contribution < -0.4 is 10.6 Å². The van der Waals surface area contributed by atoms with Gasteiger partial charge in [0.25, 0.3) is 5.91 Å². The zero-order valence-corrected chi connectivity index (χ0v) is 13.6. The summed E-state index contributed by atoms with van der Waals surface area (Å²) in [7, 11) is 0.